The molecule has 0 aliphatic carbocycles. The molecule has 2 rings (SSSR count). The molecule has 0 aliphatic heterocycles. The molecule has 1 N–H and O–H groups in total. The summed E-state index contributed by atoms with van der Waals surface area (Å²) in [5.74, 6) is 0.206. The van der Waals surface area contributed by atoms with Crippen LogP contribution in [0, 0.1) is 6.92 Å². The van der Waals surface area contributed by atoms with E-state index in [0.29, 0.717) is 5.56 Å². The maximum absolute atomic E-state index is 9.53. The second-order valence-corrected chi connectivity index (χ2v) is 3.15. The second kappa shape index (κ2) is 3.91. The van der Waals surface area contributed by atoms with Crippen LogP contribution in [0.25, 0.3) is 0 Å². The Bertz CT molecular complexity index is 476. The standard InChI is InChI=1S/C10H10N4O/c1-8-2-3-10(15)9(4-8)5-13-14-6-11-12-7-14/h2-7,15H,1H3/b13-5-. The van der Waals surface area contributed by atoms with Gasteiger partial charge in [0.1, 0.15) is 18.4 Å². The van der Waals surface area contributed by atoms with Crippen LogP contribution in [0.2, 0.25) is 0 Å². The smallest absolute Gasteiger partial charge is 0.141 e. The predicted octanol–water partition coefficient (Wildman–Crippen LogP) is 1.17. The van der Waals surface area contributed by atoms with E-state index in [1.807, 2.05) is 19.1 Å². The van der Waals surface area contributed by atoms with Gasteiger partial charge in [-0.1, -0.05) is 11.6 Å². The summed E-state index contributed by atoms with van der Waals surface area (Å²) in [5.41, 5.74) is 1.74. The van der Waals surface area contributed by atoms with E-state index in [0.717, 1.165) is 5.56 Å². The van der Waals surface area contributed by atoms with Gasteiger partial charge in [0.15, 0.2) is 0 Å². The fourth-order valence-electron chi connectivity index (χ4n) is 1.16. The number of benzene rings is 1. The van der Waals surface area contributed by atoms with Crippen molar-refractivity contribution in [1.29, 1.82) is 0 Å². The van der Waals surface area contributed by atoms with Crippen molar-refractivity contribution in [2.45, 2.75) is 6.92 Å². The minimum atomic E-state index is 0.206. The molecule has 5 heteroatoms. The summed E-state index contributed by atoms with van der Waals surface area (Å²) in [6.07, 6.45) is 4.51. The monoisotopic (exact) mass is 202 g/mol. The predicted molar refractivity (Wildman–Crippen MR) is 55.9 cm³/mol. The molecule has 0 radical (unpaired) electrons. The van der Waals surface area contributed by atoms with Gasteiger partial charge in [-0.2, -0.15) is 5.10 Å². The van der Waals surface area contributed by atoms with Crippen molar-refractivity contribution in [3.8, 4) is 5.75 Å². The third-order valence-electron chi connectivity index (χ3n) is 1.92. The van der Waals surface area contributed by atoms with Crippen molar-refractivity contribution in [1.82, 2.24) is 14.9 Å². The third-order valence-corrected chi connectivity index (χ3v) is 1.92. The van der Waals surface area contributed by atoms with Gasteiger partial charge >= 0.3 is 0 Å². The maximum atomic E-state index is 9.53. The highest BCUT2D eigenvalue weighted by Crippen LogP contribution is 2.15. The zero-order chi connectivity index (χ0) is 10.7. The molecular formula is C10H10N4O. The average Bonchev–Trinajstić information content (AvgIpc) is 2.72. The number of aromatic nitrogens is 3. The molecule has 0 aliphatic rings. The molecule has 15 heavy (non-hydrogen) atoms. The Morgan fingerprint density at radius 1 is 1.33 bits per heavy atom. The first-order valence-corrected chi connectivity index (χ1v) is 4.44. The first-order chi connectivity index (χ1) is 7.25. The molecule has 0 unspecified atom stereocenters. The molecule has 1 aromatic heterocycles. The van der Waals surface area contributed by atoms with Crippen LogP contribution in [-0.4, -0.2) is 26.2 Å². The summed E-state index contributed by atoms with van der Waals surface area (Å²) in [7, 11) is 0. The Kier molecular flexibility index (Phi) is 2.45. The van der Waals surface area contributed by atoms with Gasteiger partial charge in [-0.25, -0.2) is 4.68 Å². The molecule has 0 bridgehead atoms. The Morgan fingerprint density at radius 3 is 2.80 bits per heavy atom. The zero-order valence-electron chi connectivity index (χ0n) is 8.20. The number of aryl methyl sites for hydroxylation is 1. The van der Waals surface area contributed by atoms with Gasteiger partial charge in [0, 0.05) is 5.56 Å². The Balaban J connectivity index is 2.27. The van der Waals surface area contributed by atoms with Gasteiger partial charge in [0.05, 0.1) is 6.21 Å². The minimum Gasteiger partial charge on any atom is -0.507 e. The molecule has 0 amide bonds. The molecule has 1 heterocycles. The fraction of sp³-hybridized carbons (Fsp3) is 0.100. The van der Waals surface area contributed by atoms with E-state index in [1.54, 1.807) is 12.3 Å². The zero-order valence-corrected chi connectivity index (χ0v) is 8.20. The lowest BCUT2D eigenvalue weighted by Gasteiger charge is -1.99. The van der Waals surface area contributed by atoms with Crippen LogP contribution >= 0.6 is 0 Å². The lowest BCUT2D eigenvalue weighted by atomic mass is 10.1. The number of rotatable bonds is 2. The number of hydrogen-bond donors (Lipinski definition) is 1. The number of hydrogen-bond acceptors (Lipinski definition) is 4. The van der Waals surface area contributed by atoms with Crippen LogP contribution in [0.3, 0.4) is 0 Å². The number of nitrogens with zero attached hydrogens (tertiary/aromatic N) is 4. The van der Waals surface area contributed by atoms with E-state index in [2.05, 4.69) is 15.3 Å². The Labute approximate surface area is 86.7 Å². The van der Waals surface area contributed by atoms with Crippen molar-refractivity contribution in [2.24, 2.45) is 5.10 Å². The molecule has 1 aromatic carbocycles. The van der Waals surface area contributed by atoms with E-state index >= 15 is 0 Å². The summed E-state index contributed by atoms with van der Waals surface area (Å²) in [6.45, 7) is 1.95. The van der Waals surface area contributed by atoms with Gasteiger partial charge in [-0.15, -0.1) is 10.2 Å². The van der Waals surface area contributed by atoms with Crippen LogP contribution in [0.15, 0.2) is 36.0 Å². The number of aromatic hydroxyl groups is 1. The maximum Gasteiger partial charge on any atom is 0.141 e. The van der Waals surface area contributed by atoms with Gasteiger partial charge in [-0.3, -0.25) is 0 Å². The van der Waals surface area contributed by atoms with Crippen LogP contribution in [0.1, 0.15) is 11.1 Å². The second-order valence-electron chi connectivity index (χ2n) is 3.15. The molecule has 76 valence electrons. The van der Waals surface area contributed by atoms with E-state index in [1.165, 1.54) is 17.3 Å². The van der Waals surface area contributed by atoms with Crippen LogP contribution in [0.5, 0.6) is 5.75 Å². The topological polar surface area (TPSA) is 63.3 Å². The van der Waals surface area contributed by atoms with Gasteiger partial charge in [0.25, 0.3) is 0 Å². The highest BCUT2D eigenvalue weighted by molar-refractivity contribution is 5.83. The molecular weight excluding hydrogens is 192 g/mol. The SMILES string of the molecule is Cc1ccc(O)c(/C=N\n2cnnc2)c1. The molecule has 2 aromatic rings. The summed E-state index contributed by atoms with van der Waals surface area (Å²) < 4.78 is 1.46. The Hall–Kier alpha value is -2.17. The first-order valence-electron chi connectivity index (χ1n) is 4.44. The van der Waals surface area contributed by atoms with Crippen molar-refractivity contribution < 1.29 is 5.11 Å². The lowest BCUT2D eigenvalue weighted by molar-refractivity contribution is 0.474. The molecule has 0 atom stereocenters. The first kappa shape index (κ1) is 9.39. The van der Waals surface area contributed by atoms with E-state index in [9.17, 15) is 5.11 Å². The van der Waals surface area contributed by atoms with Gasteiger partial charge in [0.2, 0.25) is 0 Å². The number of phenolic OH excluding ortho intramolecular Hbond substituents is 1. The van der Waals surface area contributed by atoms with Crippen molar-refractivity contribution in [2.75, 3.05) is 0 Å². The lowest BCUT2D eigenvalue weighted by Crippen LogP contribution is -1.88. The van der Waals surface area contributed by atoms with Crippen LogP contribution < -0.4 is 0 Å². The van der Waals surface area contributed by atoms with Crippen molar-refractivity contribution in [3.05, 3.63) is 42.0 Å². The minimum absolute atomic E-state index is 0.206. The van der Waals surface area contributed by atoms with E-state index < -0.39 is 0 Å². The van der Waals surface area contributed by atoms with Gasteiger partial charge in [-0.05, 0) is 19.1 Å². The van der Waals surface area contributed by atoms with E-state index in [-0.39, 0.29) is 5.75 Å². The third kappa shape index (κ3) is 2.19. The molecule has 0 fully saturated rings. The van der Waals surface area contributed by atoms with Gasteiger partial charge < -0.3 is 5.11 Å². The van der Waals surface area contributed by atoms with Crippen LogP contribution in [0.4, 0.5) is 0 Å². The molecule has 0 spiro atoms. The quantitative estimate of drug-likeness (QED) is 0.743. The molecule has 5 nitrogen and oxygen atoms in total. The Morgan fingerprint density at radius 2 is 2.07 bits per heavy atom. The highest BCUT2D eigenvalue weighted by atomic mass is 16.3. The molecule has 0 saturated heterocycles. The fourth-order valence-corrected chi connectivity index (χ4v) is 1.16. The van der Waals surface area contributed by atoms with E-state index in [4.69, 9.17) is 0 Å². The molecule has 0 saturated carbocycles. The normalized spacial score (nSPS) is 11.0. The summed E-state index contributed by atoms with van der Waals surface area (Å²) >= 11 is 0. The number of phenols is 1. The summed E-state index contributed by atoms with van der Waals surface area (Å²) in [5, 5.41) is 20.8. The largest absolute Gasteiger partial charge is 0.507 e. The van der Waals surface area contributed by atoms with Crippen molar-refractivity contribution >= 4 is 6.21 Å². The highest BCUT2D eigenvalue weighted by Gasteiger charge is 1.97. The van der Waals surface area contributed by atoms with Crippen molar-refractivity contribution in [3.63, 3.8) is 0 Å². The summed E-state index contributed by atoms with van der Waals surface area (Å²) in [4.78, 5) is 0. The summed E-state index contributed by atoms with van der Waals surface area (Å²) in [6, 6.07) is 5.33. The average molecular weight is 202 g/mol. The van der Waals surface area contributed by atoms with Crippen LogP contribution in [-0.2, 0) is 0 Å².